The normalized spacial score (nSPS) is 25.3. The zero-order valence-electron chi connectivity index (χ0n) is 29.2. The lowest BCUT2D eigenvalue weighted by molar-refractivity contribution is -0.133. The standard InChI is InChI=1S/C37H38ClF4N7O3S/c1-18(39)12-20-6-10-49-21(13-25(50)47(20)2)7-11-51-32-28-31(45-36(46-35(28)49)52-17-37-8-3-9-48(37)16-19(40)14-37)30(42)27(29(32)38)22-4-5-24(41)33-26(22)23(15-43)34(44)53-33/h4-5,18-21H,3,6-14,16-17,44H2,1-2H3/t18?,19-,20?,21?,37+/m1/s1. The van der Waals surface area contributed by atoms with Gasteiger partial charge in [0.25, 0.3) is 0 Å². The Balaban J connectivity index is 1.34. The van der Waals surface area contributed by atoms with Crippen molar-refractivity contribution in [2.24, 2.45) is 0 Å². The number of thiophene rings is 1. The van der Waals surface area contributed by atoms with Gasteiger partial charge in [0.15, 0.2) is 11.6 Å². The number of halogens is 5. The first-order chi connectivity index (χ1) is 25.4. The molecule has 8 rings (SSSR count). The van der Waals surface area contributed by atoms with E-state index < -0.39 is 41.6 Å². The average Bonchev–Trinajstić information content (AvgIpc) is 3.76. The molecule has 4 aromatic rings. The second-order valence-corrected chi connectivity index (χ2v) is 16.1. The summed E-state index contributed by atoms with van der Waals surface area (Å²) >= 11 is 7.98. The number of anilines is 2. The van der Waals surface area contributed by atoms with Gasteiger partial charge in [-0.15, -0.1) is 11.3 Å². The summed E-state index contributed by atoms with van der Waals surface area (Å²) in [6.07, 6.45) is 0.754. The number of carbonyl (C=O) groups excluding carboxylic acids is 1. The maximum Gasteiger partial charge on any atom is 0.319 e. The minimum absolute atomic E-state index is 0.00980. The van der Waals surface area contributed by atoms with Crippen LogP contribution in [0.4, 0.5) is 28.4 Å². The van der Waals surface area contributed by atoms with E-state index >= 15 is 8.78 Å². The largest absolute Gasteiger partial charge is 0.491 e. The van der Waals surface area contributed by atoms with E-state index in [0.717, 1.165) is 36.8 Å². The molecule has 1 amide bonds. The summed E-state index contributed by atoms with van der Waals surface area (Å²) in [7, 11) is 1.69. The van der Waals surface area contributed by atoms with Gasteiger partial charge in [-0.3, -0.25) is 9.69 Å². The number of benzene rings is 2. The first-order valence-electron chi connectivity index (χ1n) is 17.9. The molecule has 2 aromatic heterocycles. The molecule has 3 saturated heterocycles. The monoisotopic (exact) mass is 771 g/mol. The Bertz CT molecular complexity index is 2180. The molecule has 0 aliphatic carbocycles. The molecule has 10 nitrogen and oxygen atoms in total. The molecular formula is C37H38ClF4N7O3S. The molecule has 53 heavy (non-hydrogen) atoms. The number of amides is 1. The third-order valence-electron chi connectivity index (χ3n) is 11.4. The Kier molecular flexibility index (Phi) is 9.22. The minimum atomic E-state index is -1.14. The van der Waals surface area contributed by atoms with Crippen LogP contribution in [0.2, 0.25) is 5.02 Å². The van der Waals surface area contributed by atoms with E-state index in [-0.39, 0.29) is 97.2 Å². The molecule has 2 N–H and O–H groups in total. The average molecular weight is 772 g/mol. The van der Waals surface area contributed by atoms with Crippen LogP contribution < -0.4 is 20.1 Å². The van der Waals surface area contributed by atoms with E-state index in [1.165, 1.54) is 13.0 Å². The molecule has 0 saturated carbocycles. The van der Waals surface area contributed by atoms with Gasteiger partial charge < -0.3 is 25.0 Å². The number of carbonyl (C=O) groups is 1. The minimum Gasteiger partial charge on any atom is -0.491 e. The van der Waals surface area contributed by atoms with Crippen molar-refractivity contribution in [3.63, 3.8) is 0 Å². The highest BCUT2D eigenvalue weighted by molar-refractivity contribution is 7.23. The summed E-state index contributed by atoms with van der Waals surface area (Å²) in [5, 5.41) is 10.2. The summed E-state index contributed by atoms with van der Waals surface area (Å²) < 4.78 is 74.3. The number of nitrogen functional groups attached to an aromatic ring is 1. The summed E-state index contributed by atoms with van der Waals surface area (Å²) in [5.41, 5.74) is 5.32. The van der Waals surface area contributed by atoms with Crippen LogP contribution >= 0.6 is 22.9 Å². The van der Waals surface area contributed by atoms with Gasteiger partial charge in [0, 0.05) is 62.4 Å². The predicted molar refractivity (Wildman–Crippen MR) is 195 cm³/mol. The van der Waals surface area contributed by atoms with Crippen LogP contribution in [0.3, 0.4) is 0 Å². The maximum atomic E-state index is 17.4. The van der Waals surface area contributed by atoms with Gasteiger partial charge in [-0.2, -0.15) is 15.2 Å². The van der Waals surface area contributed by atoms with Crippen LogP contribution in [-0.2, 0) is 4.79 Å². The lowest BCUT2D eigenvalue weighted by atomic mass is 9.95. The van der Waals surface area contributed by atoms with E-state index in [2.05, 4.69) is 9.88 Å². The second-order valence-electron chi connectivity index (χ2n) is 14.7. The van der Waals surface area contributed by atoms with E-state index in [4.69, 9.17) is 31.8 Å². The molecule has 6 heterocycles. The van der Waals surface area contributed by atoms with Gasteiger partial charge in [0.1, 0.15) is 41.0 Å². The highest BCUT2D eigenvalue weighted by atomic mass is 35.5. The molecule has 4 aliphatic heterocycles. The van der Waals surface area contributed by atoms with Crippen LogP contribution in [0.1, 0.15) is 57.4 Å². The van der Waals surface area contributed by atoms with Crippen molar-refractivity contribution in [3.8, 4) is 29.0 Å². The van der Waals surface area contributed by atoms with Crippen LogP contribution in [0.5, 0.6) is 11.8 Å². The van der Waals surface area contributed by atoms with Gasteiger partial charge in [0.2, 0.25) is 5.91 Å². The first-order valence-corrected chi connectivity index (χ1v) is 19.0. The van der Waals surface area contributed by atoms with Crippen molar-refractivity contribution in [1.29, 1.82) is 5.26 Å². The van der Waals surface area contributed by atoms with E-state index in [1.54, 1.807) is 11.9 Å². The molecule has 0 bridgehead atoms. The Morgan fingerprint density at radius 3 is 2.83 bits per heavy atom. The molecule has 5 atom stereocenters. The van der Waals surface area contributed by atoms with Crippen molar-refractivity contribution >= 4 is 60.7 Å². The summed E-state index contributed by atoms with van der Waals surface area (Å²) in [5.74, 6) is -1.37. The highest BCUT2D eigenvalue weighted by Gasteiger charge is 2.49. The molecule has 0 spiro atoms. The lowest BCUT2D eigenvalue weighted by Gasteiger charge is -2.41. The fourth-order valence-electron chi connectivity index (χ4n) is 8.84. The Morgan fingerprint density at radius 1 is 1.25 bits per heavy atom. The van der Waals surface area contributed by atoms with Gasteiger partial charge in [-0.25, -0.2) is 17.6 Å². The molecule has 280 valence electrons. The van der Waals surface area contributed by atoms with Crippen LogP contribution in [-0.4, -0.2) is 95.5 Å². The second kappa shape index (κ2) is 13.6. The van der Waals surface area contributed by atoms with E-state index in [9.17, 15) is 18.8 Å². The van der Waals surface area contributed by atoms with Crippen molar-refractivity contribution in [2.45, 2.75) is 81.8 Å². The zero-order chi connectivity index (χ0) is 37.3. The quantitative estimate of drug-likeness (QED) is 0.203. The van der Waals surface area contributed by atoms with Crippen molar-refractivity contribution in [3.05, 3.63) is 34.4 Å². The van der Waals surface area contributed by atoms with Gasteiger partial charge >= 0.3 is 6.01 Å². The molecule has 3 fully saturated rings. The number of aromatic nitrogens is 2. The van der Waals surface area contributed by atoms with Crippen LogP contribution in [0, 0.1) is 23.0 Å². The Morgan fingerprint density at radius 2 is 2.06 bits per heavy atom. The van der Waals surface area contributed by atoms with E-state index in [1.807, 2.05) is 11.0 Å². The smallest absolute Gasteiger partial charge is 0.319 e. The molecular weight excluding hydrogens is 734 g/mol. The number of fused-ring (bicyclic) bond motifs is 4. The number of nitrogens with two attached hydrogens (primary N) is 1. The third-order valence-corrected chi connectivity index (χ3v) is 12.8. The number of hydrogen-bond donors (Lipinski definition) is 1. The maximum absolute atomic E-state index is 17.4. The Labute approximate surface area is 312 Å². The number of ether oxygens (including phenoxy) is 2. The van der Waals surface area contributed by atoms with Crippen molar-refractivity contribution < 1.29 is 31.8 Å². The summed E-state index contributed by atoms with van der Waals surface area (Å²) in [6, 6.07) is 3.56. The number of rotatable bonds is 6. The topological polar surface area (TPSA) is 121 Å². The zero-order valence-corrected chi connectivity index (χ0v) is 30.8. The van der Waals surface area contributed by atoms with Gasteiger partial charge in [-0.1, -0.05) is 17.7 Å². The molecule has 16 heteroatoms. The third kappa shape index (κ3) is 5.97. The lowest BCUT2D eigenvalue weighted by Crippen LogP contribution is -2.50. The predicted octanol–water partition coefficient (Wildman–Crippen LogP) is 7.18. The van der Waals surface area contributed by atoms with Gasteiger partial charge in [0.05, 0.1) is 39.0 Å². The first kappa shape index (κ1) is 35.9. The fraction of sp³-hybridized carbons (Fsp3) is 0.514. The van der Waals surface area contributed by atoms with Crippen molar-refractivity contribution in [1.82, 2.24) is 19.8 Å². The fourth-order valence-corrected chi connectivity index (χ4v) is 10.1. The number of hydrogen-bond acceptors (Lipinski definition) is 10. The van der Waals surface area contributed by atoms with Crippen LogP contribution in [0.25, 0.3) is 32.1 Å². The van der Waals surface area contributed by atoms with Gasteiger partial charge in [-0.05, 0) is 50.8 Å². The SMILES string of the molecule is CC(F)CC1CCN2c3nc(OC[C@@]45CCCN4C[C@H](F)C5)nc4c(F)c(-c5ccc(F)c6sc(N)c(C#N)c56)c(Cl)c(c34)OCCC2CC(=O)N1C. The molecule has 3 unspecified atom stereocenters. The summed E-state index contributed by atoms with van der Waals surface area (Å²) in [4.78, 5) is 28.6. The van der Waals surface area contributed by atoms with Crippen LogP contribution in [0.15, 0.2) is 12.1 Å². The molecule has 2 aromatic carbocycles. The summed E-state index contributed by atoms with van der Waals surface area (Å²) in [6.45, 7) is 3.02. The number of nitrogens with zero attached hydrogens (tertiary/aromatic N) is 6. The van der Waals surface area contributed by atoms with Crippen molar-refractivity contribution in [2.75, 3.05) is 50.5 Å². The number of alkyl halides is 2. The Hall–Kier alpha value is -4.13. The molecule has 0 radical (unpaired) electrons. The highest BCUT2D eigenvalue weighted by Crippen LogP contribution is 2.51. The molecule has 4 aliphatic rings. The number of nitriles is 1. The van der Waals surface area contributed by atoms with E-state index in [0.29, 0.717) is 32.4 Å².